The van der Waals surface area contributed by atoms with E-state index in [1.54, 1.807) is 7.11 Å². The summed E-state index contributed by atoms with van der Waals surface area (Å²) in [5, 5.41) is 4.81. The molecule has 3 rings (SSSR count). The molecule has 0 unspecified atom stereocenters. The van der Waals surface area contributed by atoms with Crippen LogP contribution in [0, 0.1) is 12.8 Å². The van der Waals surface area contributed by atoms with E-state index in [0.29, 0.717) is 0 Å². The van der Waals surface area contributed by atoms with Crippen LogP contribution in [0.2, 0.25) is 0 Å². The third-order valence-corrected chi connectivity index (χ3v) is 4.53. The highest BCUT2D eigenvalue weighted by Crippen LogP contribution is 2.31. The molecule has 0 spiro atoms. The Kier molecular flexibility index (Phi) is 3.70. The molecule has 1 aromatic heterocycles. The van der Waals surface area contributed by atoms with E-state index in [0.717, 1.165) is 24.8 Å². The molecule has 1 aliphatic heterocycles. The molecule has 108 valence electrons. The van der Waals surface area contributed by atoms with Crippen LogP contribution in [0.5, 0.6) is 5.75 Å². The van der Waals surface area contributed by atoms with E-state index >= 15 is 0 Å². The molecule has 0 atom stereocenters. The van der Waals surface area contributed by atoms with Crippen molar-refractivity contribution in [3.63, 3.8) is 0 Å². The van der Waals surface area contributed by atoms with Gasteiger partial charge < -0.3 is 14.6 Å². The third kappa shape index (κ3) is 2.42. The smallest absolute Gasteiger partial charge is 0.119 e. The van der Waals surface area contributed by atoms with Crippen LogP contribution in [-0.2, 0) is 13.5 Å². The van der Waals surface area contributed by atoms with Crippen molar-refractivity contribution in [3.05, 3.63) is 29.5 Å². The second-order valence-electron chi connectivity index (χ2n) is 6.00. The van der Waals surface area contributed by atoms with Crippen LogP contribution in [0.4, 0.5) is 0 Å². The first-order valence-corrected chi connectivity index (χ1v) is 7.52. The maximum Gasteiger partial charge on any atom is 0.119 e. The van der Waals surface area contributed by atoms with Crippen molar-refractivity contribution in [3.8, 4) is 5.75 Å². The van der Waals surface area contributed by atoms with Gasteiger partial charge in [0.15, 0.2) is 0 Å². The molecule has 20 heavy (non-hydrogen) atoms. The van der Waals surface area contributed by atoms with Gasteiger partial charge in [0.2, 0.25) is 0 Å². The Morgan fingerprint density at radius 3 is 2.75 bits per heavy atom. The normalized spacial score (nSPS) is 16.8. The highest BCUT2D eigenvalue weighted by Gasteiger charge is 2.17. The van der Waals surface area contributed by atoms with Gasteiger partial charge in [-0.15, -0.1) is 0 Å². The van der Waals surface area contributed by atoms with E-state index in [9.17, 15) is 0 Å². The molecule has 2 aromatic rings. The fourth-order valence-electron chi connectivity index (χ4n) is 3.50. The Bertz CT molecular complexity index is 609. The number of hydrogen-bond acceptors (Lipinski definition) is 2. The van der Waals surface area contributed by atoms with Gasteiger partial charge >= 0.3 is 0 Å². The Morgan fingerprint density at radius 2 is 2.05 bits per heavy atom. The number of ether oxygens (including phenoxy) is 1. The van der Waals surface area contributed by atoms with Gasteiger partial charge in [-0.3, -0.25) is 0 Å². The van der Waals surface area contributed by atoms with Crippen LogP contribution in [0.3, 0.4) is 0 Å². The maximum atomic E-state index is 5.44. The number of aromatic nitrogens is 1. The average molecular weight is 272 g/mol. The third-order valence-electron chi connectivity index (χ3n) is 4.53. The minimum absolute atomic E-state index is 0.813. The summed E-state index contributed by atoms with van der Waals surface area (Å²) in [7, 11) is 3.89. The van der Waals surface area contributed by atoms with Gasteiger partial charge in [-0.2, -0.15) is 0 Å². The molecule has 0 amide bonds. The molecule has 1 N–H and O–H groups in total. The molecule has 1 saturated heterocycles. The SMILES string of the molecule is COc1cc(C)c2c(c1)c(CC1CCNCC1)cn2C. The zero-order valence-corrected chi connectivity index (χ0v) is 12.7. The van der Waals surface area contributed by atoms with E-state index in [1.807, 2.05) is 0 Å². The van der Waals surface area contributed by atoms with Crippen LogP contribution in [0.15, 0.2) is 18.3 Å². The number of methoxy groups -OCH3 is 1. The minimum atomic E-state index is 0.813. The molecule has 3 heteroatoms. The number of aryl methyl sites for hydroxylation is 2. The summed E-state index contributed by atoms with van der Waals surface area (Å²) in [6.45, 7) is 4.49. The Hall–Kier alpha value is -1.48. The zero-order valence-electron chi connectivity index (χ0n) is 12.7. The number of rotatable bonds is 3. The summed E-state index contributed by atoms with van der Waals surface area (Å²) in [5.74, 6) is 1.78. The van der Waals surface area contributed by atoms with Crippen LogP contribution in [-0.4, -0.2) is 24.8 Å². The van der Waals surface area contributed by atoms with Crippen molar-refractivity contribution >= 4 is 10.9 Å². The summed E-state index contributed by atoms with van der Waals surface area (Å²) in [6.07, 6.45) is 6.07. The molecular formula is C17H24N2O. The lowest BCUT2D eigenvalue weighted by Gasteiger charge is -2.22. The topological polar surface area (TPSA) is 26.2 Å². The average Bonchev–Trinajstić information content (AvgIpc) is 2.76. The molecule has 1 aromatic carbocycles. The van der Waals surface area contributed by atoms with E-state index in [4.69, 9.17) is 4.74 Å². The summed E-state index contributed by atoms with van der Waals surface area (Å²) < 4.78 is 7.70. The quantitative estimate of drug-likeness (QED) is 0.929. The summed E-state index contributed by atoms with van der Waals surface area (Å²) >= 11 is 0. The van der Waals surface area contributed by atoms with Gasteiger partial charge in [-0.1, -0.05) is 0 Å². The van der Waals surface area contributed by atoms with Gasteiger partial charge in [-0.25, -0.2) is 0 Å². The van der Waals surface area contributed by atoms with E-state index in [-0.39, 0.29) is 0 Å². The fourth-order valence-corrected chi connectivity index (χ4v) is 3.50. The van der Waals surface area contributed by atoms with Gasteiger partial charge in [0.1, 0.15) is 5.75 Å². The van der Waals surface area contributed by atoms with Crippen LogP contribution < -0.4 is 10.1 Å². The lowest BCUT2D eigenvalue weighted by Crippen LogP contribution is -2.28. The molecule has 2 heterocycles. The van der Waals surface area contributed by atoms with Crippen molar-refractivity contribution in [2.24, 2.45) is 13.0 Å². The Balaban J connectivity index is 1.99. The highest BCUT2D eigenvalue weighted by atomic mass is 16.5. The molecule has 0 aliphatic carbocycles. The molecule has 0 bridgehead atoms. The van der Waals surface area contributed by atoms with Gasteiger partial charge in [0, 0.05) is 18.6 Å². The molecule has 0 saturated carbocycles. The maximum absolute atomic E-state index is 5.44. The first-order valence-electron chi connectivity index (χ1n) is 7.52. The lowest BCUT2D eigenvalue weighted by atomic mass is 9.90. The first-order chi connectivity index (χ1) is 9.69. The zero-order chi connectivity index (χ0) is 14.1. The van der Waals surface area contributed by atoms with E-state index < -0.39 is 0 Å². The van der Waals surface area contributed by atoms with Crippen molar-refractivity contribution in [1.82, 2.24) is 9.88 Å². The Morgan fingerprint density at radius 1 is 1.30 bits per heavy atom. The van der Waals surface area contributed by atoms with Gasteiger partial charge in [0.05, 0.1) is 12.6 Å². The van der Waals surface area contributed by atoms with Crippen LogP contribution >= 0.6 is 0 Å². The molecular weight excluding hydrogens is 248 g/mol. The highest BCUT2D eigenvalue weighted by molar-refractivity contribution is 5.88. The number of nitrogens with one attached hydrogen (secondary N) is 1. The molecule has 0 radical (unpaired) electrons. The van der Waals surface area contributed by atoms with Gasteiger partial charge in [-0.05, 0) is 68.5 Å². The number of nitrogens with zero attached hydrogens (tertiary/aromatic N) is 1. The standard InChI is InChI=1S/C17H24N2O/c1-12-8-15(20-3)10-16-14(11-19(2)17(12)16)9-13-4-6-18-7-5-13/h8,10-11,13,18H,4-7,9H2,1-3H3. The molecule has 3 nitrogen and oxygen atoms in total. The number of benzene rings is 1. The van der Waals surface area contributed by atoms with E-state index in [1.165, 1.54) is 41.3 Å². The van der Waals surface area contributed by atoms with Crippen LogP contribution in [0.25, 0.3) is 10.9 Å². The van der Waals surface area contributed by atoms with Crippen LogP contribution in [0.1, 0.15) is 24.0 Å². The summed E-state index contributed by atoms with van der Waals surface area (Å²) in [4.78, 5) is 0. The first kappa shape index (κ1) is 13.5. The second-order valence-corrected chi connectivity index (χ2v) is 6.00. The predicted molar refractivity (Wildman–Crippen MR) is 83.5 cm³/mol. The number of fused-ring (bicyclic) bond motifs is 1. The van der Waals surface area contributed by atoms with Crippen molar-refractivity contribution < 1.29 is 4.74 Å². The number of hydrogen-bond donors (Lipinski definition) is 1. The number of piperidine rings is 1. The van der Waals surface area contributed by atoms with Gasteiger partial charge in [0.25, 0.3) is 0 Å². The molecule has 1 aliphatic rings. The fraction of sp³-hybridized carbons (Fsp3) is 0.529. The minimum Gasteiger partial charge on any atom is -0.497 e. The van der Waals surface area contributed by atoms with E-state index in [2.05, 4.69) is 42.2 Å². The van der Waals surface area contributed by atoms with Crippen molar-refractivity contribution in [1.29, 1.82) is 0 Å². The predicted octanol–water partition coefficient (Wildman–Crippen LogP) is 3.04. The summed E-state index contributed by atoms with van der Waals surface area (Å²) in [5.41, 5.74) is 4.10. The molecule has 1 fully saturated rings. The van der Waals surface area contributed by atoms with Crippen molar-refractivity contribution in [2.45, 2.75) is 26.2 Å². The summed E-state index contributed by atoms with van der Waals surface area (Å²) in [6, 6.07) is 4.31. The monoisotopic (exact) mass is 272 g/mol. The lowest BCUT2D eigenvalue weighted by molar-refractivity contribution is 0.373. The van der Waals surface area contributed by atoms with Crippen molar-refractivity contribution in [2.75, 3.05) is 20.2 Å². The Labute approximate surface area is 120 Å². The second kappa shape index (κ2) is 5.49. The largest absolute Gasteiger partial charge is 0.497 e.